The molecule has 17 heteroatoms. The number of hydrogen-bond donors (Lipinski definition) is 7. The summed E-state index contributed by atoms with van der Waals surface area (Å²) in [5.74, 6) is 5.93. The van der Waals surface area contributed by atoms with E-state index in [4.69, 9.17) is 24.7 Å². The number of fused-ring (bicyclic) bond motifs is 1. The summed E-state index contributed by atoms with van der Waals surface area (Å²) in [5, 5.41) is 24.8. The molecule has 1 saturated heterocycles. The fraction of sp³-hybridized carbons (Fsp3) is 0.552. The van der Waals surface area contributed by atoms with Crippen molar-refractivity contribution in [2.45, 2.75) is 155 Å². The van der Waals surface area contributed by atoms with Crippen LogP contribution in [0, 0.1) is 47.3 Å². The van der Waals surface area contributed by atoms with E-state index >= 15 is 0 Å². The first-order valence-electron chi connectivity index (χ1n) is 26.5. The summed E-state index contributed by atoms with van der Waals surface area (Å²) in [7, 11) is 0. The zero-order chi connectivity index (χ0) is 54.4. The van der Waals surface area contributed by atoms with Gasteiger partial charge in [0.15, 0.2) is 0 Å². The van der Waals surface area contributed by atoms with Crippen LogP contribution in [0.5, 0.6) is 0 Å². The van der Waals surface area contributed by atoms with E-state index in [-0.39, 0.29) is 68.0 Å². The minimum absolute atomic E-state index is 0.0981. The van der Waals surface area contributed by atoms with Crippen molar-refractivity contribution in [1.29, 1.82) is 0 Å². The van der Waals surface area contributed by atoms with E-state index in [1.165, 1.54) is 6.08 Å². The number of ether oxygens (including phenoxy) is 4. The topological polar surface area (TPSA) is 246 Å². The van der Waals surface area contributed by atoms with E-state index < -0.39 is 60.4 Å². The van der Waals surface area contributed by atoms with Crippen LogP contribution in [0.4, 0.5) is 20.1 Å². The summed E-state index contributed by atoms with van der Waals surface area (Å²) in [4.78, 5) is 76.8. The fourth-order valence-corrected chi connectivity index (χ4v) is 9.80. The molecular formula is C58H80N6O11. The highest BCUT2D eigenvalue weighted by Crippen LogP contribution is 2.52. The Kier molecular flexibility index (Phi) is 23.7. The number of nitrogens with two attached hydrogens (primary N) is 1. The lowest BCUT2D eigenvalue weighted by molar-refractivity contribution is -0.141. The van der Waals surface area contributed by atoms with Gasteiger partial charge in [0.1, 0.15) is 24.8 Å². The van der Waals surface area contributed by atoms with Gasteiger partial charge < -0.3 is 56.4 Å². The van der Waals surface area contributed by atoms with Crippen LogP contribution in [-0.2, 0) is 39.9 Å². The fourth-order valence-electron chi connectivity index (χ4n) is 9.80. The van der Waals surface area contributed by atoms with Crippen molar-refractivity contribution in [3.8, 4) is 11.8 Å². The molecule has 17 nitrogen and oxygen atoms in total. The molecule has 0 bridgehead atoms. The molecule has 2 aliphatic heterocycles. The first kappa shape index (κ1) is 59.2. The Morgan fingerprint density at radius 3 is 2.32 bits per heavy atom. The molecule has 1 aromatic rings. The summed E-state index contributed by atoms with van der Waals surface area (Å²) in [6.45, 7) is 13.9. The van der Waals surface area contributed by atoms with Crippen molar-refractivity contribution >= 4 is 41.7 Å². The Morgan fingerprint density at radius 2 is 1.65 bits per heavy atom. The van der Waals surface area contributed by atoms with Crippen LogP contribution in [-0.4, -0.2) is 96.8 Å². The molecule has 6 amide bonds. The Morgan fingerprint density at radius 1 is 0.947 bits per heavy atom. The highest BCUT2D eigenvalue weighted by Gasteiger charge is 2.49. The molecule has 1 aromatic carbocycles. The molecule has 1 saturated carbocycles. The number of urea groups is 1. The summed E-state index contributed by atoms with van der Waals surface area (Å²) in [6.07, 6.45) is 21.4. The smallest absolute Gasteiger partial charge is 0.408 e. The number of allylic oxidation sites excluding steroid dienone is 7. The Balaban J connectivity index is 1.16. The van der Waals surface area contributed by atoms with Crippen molar-refractivity contribution in [2.24, 2.45) is 41.2 Å². The maximum Gasteiger partial charge on any atom is 0.408 e. The number of anilines is 1. The molecule has 4 aliphatic rings. The highest BCUT2D eigenvalue weighted by molar-refractivity contribution is 5.98. The second kappa shape index (κ2) is 30.0. The molecule has 0 spiro atoms. The molecule has 8 N–H and O–H groups in total. The number of esters is 1. The monoisotopic (exact) mass is 1040 g/mol. The van der Waals surface area contributed by atoms with Gasteiger partial charge in [-0.15, -0.1) is 11.8 Å². The number of amides is 6. The average molecular weight is 1040 g/mol. The predicted molar refractivity (Wildman–Crippen MR) is 287 cm³/mol. The molecule has 2 heterocycles. The van der Waals surface area contributed by atoms with Crippen LogP contribution in [0.3, 0.4) is 0 Å². The maximum absolute atomic E-state index is 13.8. The van der Waals surface area contributed by atoms with E-state index in [1.807, 2.05) is 76.3 Å². The van der Waals surface area contributed by atoms with Crippen LogP contribution in [0.2, 0.25) is 0 Å². The number of aliphatic hydroxyl groups is 1. The first-order valence-corrected chi connectivity index (χ1v) is 26.5. The van der Waals surface area contributed by atoms with Crippen LogP contribution in [0.1, 0.15) is 112 Å². The van der Waals surface area contributed by atoms with Crippen molar-refractivity contribution in [1.82, 2.24) is 21.3 Å². The zero-order valence-electron chi connectivity index (χ0n) is 44.7. The standard InChI is InChI=1S/C58H80N6O11/c1-8-16-50-40(7)49(65)33-51(75-50)47(21-13-17-37(4)31-39(6)32-38(5)24-29-43-18-14-23-52(66)74-43)63-57(70)72-34-41-25-27-42(28-26-41)61-54(67)48(22-15-30-60-56(59)69)62-55(68)53(36(2)3)64-58(71)73-35-46-44-19-11-9-10-12-20-45(44)46/h8,13-14,16-17,21,23-29,32,36,39-40,43-51,53,65H,11-12,15,18-20,22,30-31,33-35H2,1-7H3,(H,61,67)(H,62,68)(H,63,70)(H,64,71)(H3,59,60,69)/b16-8+,21-13+,29-24+,37-17+,38-32-/t39-,40+,43-,44-,45+,46-,47-,48+,49-,50+,51+,53+/m1/s1. The molecule has 2 fully saturated rings. The Labute approximate surface area is 443 Å². The van der Waals surface area contributed by atoms with Gasteiger partial charge in [-0.25, -0.2) is 19.2 Å². The molecule has 408 valence electrons. The van der Waals surface area contributed by atoms with Gasteiger partial charge in [0.2, 0.25) is 11.8 Å². The highest BCUT2D eigenvalue weighted by atomic mass is 16.6. The van der Waals surface area contributed by atoms with Gasteiger partial charge in [-0.2, -0.15) is 0 Å². The third kappa shape index (κ3) is 20.2. The van der Waals surface area contributed by atoms with Gasteiger partial charge in [-0.1, -0.05) is 99.6 Å². The second-order valence-corrected chi connectivity index (χ2v) is 20.6. The molecule has 75 heavy (non-hydrogen) atoms. The maximum atomic E-state index is 13.8. The van der Waals surface area contributed by atoms with E-state index in [0.717, 1.165) is 43.3 Å². The minimum atomic E-state index is -1.05. The molecule has 0 aromatic heterocycles. The van der Waals surface area contributed by atoms with Crippen molar-refractivity contribution in [2.75, 3.05) is 18.5 Å². The number of hydrogen-bond acceptors (Lipinski definition) is 11. The number of cyclic esters (lactones) is 1. The van der Waals surface area contributed by atoms with Gasteiger partial charge in [-0.05, 0) is 106 Å². The van der Waals surface area contributed by atoms with E-state index in [2.05, 4.69) is 51.4 Å². The average Bonchev–Trinajstić information content (AvgIpc) is 4.01. The van der Waals surface area contributed by atoms with E-state index in [9.17, 15) is 33.9 Å². The third-order valence-electron chi connectivity index (χ3n) is 14.0. The van der Waals surface area contributed by atoms with Gasteiger partial charge >= 0.3 is 24.2 Å². The third-order valence-corrected chi connectivity index (χ3v) is 14.0. The van der Waals surface area contributed by atoms with Gasteiger partial charge in [0.25, 0.3) is 0 Å². The largest absolute Gasteiger partial charge is 0.455 e. The second-order valence-electron chi connectivity index (χ2n) is 20.6. The van der Waals surface area contributed by atoms with Gasteiger partial charge in [0, 0.05) is 49.9 Å². The predicted octanol–water partition coefficient (Wildman–Crippen LogP) is 7.98. The van der Waals surface area contributed by atoms with Crippen LogP contribution < -0.4 is 32.3 Å². The lowest BCUT2D eigenvalue weighted by atomic mass is 9.87. The molecule has 0 radical (unpaired) electrons. The van der Waals surface area contributed by atoms with Crippen molar-refractivity contribution < 1.29 is 52.8 Å². The Bertz CT molecular complexity index is 2350. The molecular weight excluding hydrogens is 957 g/mol. The summed E-state index contributed by atoms with van der Waals surface area (Å²) in [6, 6.07) is 3.27. The number of carbonyl (C=O) groups is 6. The lowest BCUT2D eigenvalue weighted by Gasteiger charge is -2.39. The molecule has 0 unspecified atom stereocenters. The SMILES string of the molecule is C/C=C/[C@@H]1O[C@H]([C@@H](/C=C/C=C(\C)C[C@@H](C)/C=C(C)\C=C\[C@H]2CC=CC(=O)O2)NC(=O)OCc2ccc(NC(=O)[C@H](CCCNC(N)=O)NC(=O)[C@@H](NC(=O)OC[C@@H]3[C@@H]4CCC#CCC[C@@H]43)C(C)C)cc2)C[C@@H](O)[C@@H]1C. The number of primary amides is 1. The number of rotatable bonds is 24. The number of benzene rings is 1. The van der Waals surface area contributed by atoms with Crippen LogP contribution >= 0.6 is 0 Å². The van der Waals surface area contributed by atoms with E-state index in [0.29, 0.717) is 42.3 Å². The van der Waals surface area contributed by atoms with Crippen LogP contribution in [0.15, 0.2) is 96.2 Å². The van der Waals surface area contributed by atoms with Gasteiger partial charge in [-0.3, -0.25) is 9.59 Å². The minimum Gasteiger partial charge on any atom is -0.455 e. The number of carbonyl (C=O) groups excluding carboxylic acids is 6. The zero-order valence-corrected chi connectivity index (χ0v) is 44.7. The van der Waals surface area contributed by atoms with Gasteiger partial charge in [0.05, 0.1) is 31.0 Å². The molecule has 2 aliphatic carbocycles. The summed E-state index contributed by atoms with van der Waals surface area (Å²) < 4.78 is 23.0. The molecule has 12 atom stereocenters. The van der Waals surface area contributed by atoms with Crippen molar-refractivity contribution in [3.05, 3.63) is 102 Å². The quantitative estimate of drug-likeness (QED) is 0.0131. The number of nitrogens with one attached hydrogen (secondary N) is 5. The van der Waals surface area contributed by atoms with E-state index in [1.54, 1.807) is 38.1 Å². The summed E-state index contributed by atoms with van der Waals surface area (Å²) >= 11 is 0. The summed E-state index contributed by atoms with van der Waals surface area (Å²) in [5.41, 5.74) is 8.45. The van der Waals surface area contributed by atoms with Crippen LogP contribution in [0.25, 0.3) is 0 Å². The number of alkyl carbamates (subject to hydrolysis) is 2. The normalized spacial score (nSPS) is 25.3. The van der Waals surface area contributed by atoms with Crippen molar-refractivity contribution in [3.63, 3.8) is 0 Å². The lowest BCUT2D eigenvalue weighted by Crippen LogP contribution is -2.54. The number of aliphatic hydroxyl groups excluding tert-OH is 1. The Hall–Kier alpha value is -6.64. The first-order chi connectivity index (χ1) is 35.9. The molecule has 5 rings (SSSR count).